The number of carbonyl (C=O) groups excluding carboxylic acids is 2. The zero-order valence-electron chi connectivity index (χ0n) is 16.3. The minimum atomic E-state index is -0.396. The van der Waals surface area contributed by atoms with Crippen molar-refractivity contribution in [3.05, 3.63) is 48.2 Å². The Kier molecular flexibility index (Phi) is 5.42. The Balaban J connectivity index is 1.38. The summed E-state index contributed by atoms with van der Waals surface area (Å²) in [5.41, 5.74) is 0.616. The van der Waals surface area contributed by atoms with E-state index in [2.05, 4.69) is 9.97 Å². The van der Waals surface area contributed by atoms with E-state index in [0.717, 1.165) is 12.8 Å². The van der Waals surface area contributed by atoms with Crippen molar-refractivity contribution in [1.82, 2.24) is 14.9 Å². The van der Waals surface area contributed by atoms with Crippen LogP contribution in [-0.4, -0.2) is 52.4 Å². The number of aromatic nitrogens is 2. The smallest absolute Gasteiger partial charge is 0.228 e. The number of benzene rings is 1. The Hall–Kier alpha value is -3.03. The molecule has 0 spiro atoms. The Morgan fingerprint density at radius 1 is 1.21 bits per heavy atom. The number of amides is 2. The third-order valence-corrected chi connectivity index (χ3v) is 5.34. The van der Waals surface area contributed by atoms with E-state index in [1.54, 1.807) is 41.1 Å². The fourth-order valence-electron chi connectivity index (χ4n) is 3.91. The van der Waals surface area contributed by atoms with E-state index in [1.807, 2.05) is 0 Å². The van der Waals surface area contributed by atoms with Crippen molar-refractivity contribution in [3.63, 3.8) is 0 Å². The molecule has 2 amide bonds. The SMILES string of the molecule is Cc1nccc(OC2CCCN(C(=O)C3CC(=O)N(c4ccc(F)cc4)C3)C2)n1. The zero-order chi connectivity index (χ0) is 20.4. The highest BCUT2D eigenvalue weighted by molar-refractivity contribution is 6.00. The van der Waals surface area contributed by atoms with E-state index in [1.165, 1.54) is 12.1 Å². The fourth-order valence-corrected chi connectivity index (χ4v) is 3.91. The van der Waals surface area contributed by atoms with Gasteiger partial charge in [0.2, 0.25) is 17.7 Å². The number of halogens is 1. The van der Waals surface area contributed by atoms with Crippen LogP contribution in [0.4, 0.5) is 10.1 Å². The molecule has 0 N–H and O–H groups in total. The highest BCUT2D eigenvalue weighted by atomic mass is 19.1. The van der Waals surface area contributed by atoms with Gasteiger partial charge in [0, 0.05) is 37.5 Å². The summed E-state index contributed by atoms with van der Waals surface area (Å²) in [5.74, 6) is 0.247. The number of rotatable bonds is 4. The molecule has 2 unspecified atom stereocenters. The minimum Gasteiger partial charge on any atom is -0.472 e. The van der Waals surface area contributed by atoms with Crippen LogP contribution in [0.2, 0.25) is 0 Å². The second-order valence-corrected chi connectivity index (χ2v) is 7.49. The Bertz CT molecular complexity index is 905. The quantitative estimate of drug-likeness (QED) is 0.790. The summed E-state index contributed by atoms with van der Waals surface area (Å²) >= 11 is 0. The normalized spacial score (nSPS) is 22.1. The second kappa shape index (κ2) is 8.14. The maximum atomic E-state index is 13.1. The van der Waals surface area contributed by atoms with Crippen molar-refractivity contribution in [2.75, 3.05) is 24.5 Å². The Morgan fingerprint density at radius 2 is 2.00 bits per heavy atom. The highest BCUT2D eigenvalue weighted by Crippen LogP contribution is 2.28. The number of likely N-dealkylation sites (tertiary alicyclic amines) is 1. The summed E-state index contributed by atoms with van der Waals surface area (Å²) in [7, 11) is 0. The molecule has 2 fully saturated rings. The summed E-state index contributed by atoms with van der Waals surface area (Å²) in [4.78, 5) is 37.1. The average molecular weight is 398 g/mol. The molecule has 8 heteroatoms. The van der Waals surface area contributed by atoms with Gasteiger partial charge in [-0.2, -0.15) is 4.98 Å². The molecule has 2 aliphatic heterocycles. The lowest BCUT2D eigenvalue weighted by Crippen LogP contribution is -2.47. The largest absolute Gasteiger partial charge is 0.472 e. The molecule has 0 radical (unpaired) electrons. The molecule has 2 aliphatic rings. The lowest BCUT2D eigenvalue weighted by atomic mass is 10.0. The van der Waals surface area contributed by atoms with Gasteiger partial charge in [-0.3, -0.25) is 9.59 Å². The number of carbonyl (C=O) groups is 2. The van der Waals surface area contributed by atoms with Gasteiger partial charge in [0.15, 0.2) is 0 Å². The summed E-state index contributed by atoms with van der Waals surface area (Å²) in [5, 5.41) is 0. The number of hydrogen-bond donors (Lipinski definition) is 0. The van der Waals surface area contributed by atoms with E-state index in [4.69, 9.17) is 4.74 Å². The molecular weight excluding hydrogens is 375 g/mol. The Labute approximate surface area is 168 Å². The van der Waals surface area contributed by atoms with Crippen molar-refractivity contribution in [2.24, 2.45) is 5.92 Å². The topological polar surface area (TPSA) is 75.6 Å². The molecule has 0 bridgehead atoms. The third-order valence-electron chi connectivity index (χ3n) is 5.34. The minimum absolute atomic E-state index is 0.0323. The first-order valence-electron chi connectivity index (χ1n) is 9.80. The van der Waals surface area contributed by atoms with Crippen LogP contribution in [0.1, 0.15) is 25.1 Å². The standard InChI is InChI=1S/C21H23FN4O3/c1-14-23-9-8-19(24-14)29-18-3-2-10-25(13-18)21(28)15-11-20(27)26(12-15)17-6-4-16(22)5-7-17/h4-9,15,18H,2-3,10-13H2,1H3. The maximum Gasteiger partial charge on any atom is 0.228 e. The van der Waals surface area contributed by atoms with E-state index < -0.39 is 5.92 Å². The van der Waals surface area contributed by atoms with E-state index in [-0.39, 0.29) is 30.2 Å². The summed E-state index contributed by atoms with van der Waals surface area (Å²) in [6.45, 7) is 3.25. The molecule has 2 atom stereocenters. The molecule has 152 valence electrons. The number of ether oxygens (including phenoxy) is 1. The van der Waals surface area contributed by atoms with Gasteiger partial charge in [0.1, 0.15) is 17.7 Å². The van der Waals surface area contributed by atoms with Crippen molar-refractivity contribution in [3.8, 4) is 5.88 Å². The molecule has 3 heterocycles. The van der Waals surface area contributed by atoms with Gasteiger partial charge >= 0.3 is 0 Å². The van der Waals surface area contributed by atoms with Crippen LogP contribution in [0.3, 0.4) is 0 Å². The number of piperidine rings is 1. The molecule has 29 heavy (non-hydrogen) atoms. The first kappa shape index (κ1) is 19.3. The van der Waals surface area contributed by atoms with Crippen molar-refractivity contribution >= 4 is 17.5 Å². The van der Waals surface area contributed by atoms with Crippen LogP contribution in [0, 0.1) is 18.7 Å². The number of anilines is 1. The molecule has 7 nitrogen and oxygen atoms in total. The average Bonchev–Trinajstić information content (AvgIpc) is 3.10. The lowest BCUT2D eigenvalue weighted by Gasteiger charge is -2.34. The van der Waals surface area contributed by atoms with E-state index in [9.17, 15) is 14.0 Å². The molecule has 2 saturated heterocycles. The van der Waals surface area contributed by atoms with Crippen LogP contribution in [0.25, 0.3) is 0 Å². The molecule has 4 rings (SSSR count). The number of hydrogen-bond acceptors (Lipinski definition) is 5. The molecule has 0 saturated carbocycles. The van der Waals surface area contributed by atoms with Gasteiger partial charge in [-0.25, -0.2) is 9.37 Å². The number of aryl methyl sites for hydroxylation is 1. The van der Waals surface area contributed by atoms with Crippen molar-refractivity contribution < 1.29 is 18.7 Å². The molecular formula is C21H23FN4O3. The van der Waals surface area contributed by atoms with Gasteiger partial charge in [-0.05, 0) is 44.0 Å². The second-order valence-electron chi connectivity index (χ2n) is 7.49. The fraction of sp³-hybridized carbons (Fsp3) is 0.429. The van der Waals surface area contributed by atoms with Crippen LogP contribution in [0.5, 0.6) is 5.88 Å². The van der Waals surface area contributed by atoms with Crippen molar-refractivity contribution in [1.29, 1.82) is 0 Å². The van der Waals surface area contributed by atoms with Crippen LogP contribution < -0.4 is 9.64 Å². The van der Waals surface area contributed by atoms with Gasteiger partial charge in [0.25, 0.3) is 0 Å². The third kappa shape index (κ3) is 4.36. The first-order chi connectivity index (χ1) is 14.0. The predicted molar refractivity (Wildman–Crippen MR) is 104 cm³/mol. The van der Waals surface area contributed by atoms with Gasteiger partial charge < -0.3 is 14.5 Å². The molecule has 2 aromatic rings. The summed E-state index contributed by atoms with van der Waals surface area (Å²) in [6.07, 6.45) is 3.37. The molecule has 1 aromatic heterocycles. The van der Waals surface area contributed by atoms with E-state index in [0.29, 0.717) is 37.0 Å². The zero-order valence-corrected chi connectivity index (χ0v) is 16.3. The van der Waals surface area contributed by atoms with Crippen LogP contribution in [-0.2, 0) is 9.59 Å². The Morgan fingerprint density at radius 3 is 2.76 bits per heavy atom. The first-order valence-corrected chi connectivity index (χ1v) is 9.80. The van der Waals surface area contributed by atoms with Crippen molar-refractivity contribution in [2.45, 2.75) is 32.3 Å². The molecule has 1 aromatic carbocycles. The number of nitrogens with zero attached hydrogens (tertiary/aromatic N) is 4. The lowest BCUT2D eigenvalue weighted by molar-refractivity contribution is -0.138. The predicted octanol–water partition coefficient (Wildman–Crippen LogP) is 2.35. The summed E-state index contributed by atoms with van der Waals surface area (Å²) < 4.78 is 19.1. The van der Waals surface area contributed by atoms with Gasteiger partial charge in [-0.15, -0.1) is 0 Å². The monoisotopic (exact) mass is 398 g/mol. The summed E-state index contributed by atoms with van der Waals surface area (Å²) in [6, 6.07) is 7.48. The van der Waals surface area contributed by atoms with Crippen LogP contribution >= 0.6 is 0 Å². The maximum absolute atomic E-state index is 13.1. The highest BCUT2D eigenvalue weighted by Gasteiger charge is 2.38. The van der Waals surface area contributed by atoms with Crippen LogP contribution in [0.15, 0.2) is 36.5 Å². The van der Waals surface area contributed by atoms with Gasteiger partial charge in [-0.1, -0.05) is 0 Å². The van der Waals surface area contributed by atoms with Gasteiger partial charge in [0.05, 0.1) is 12.5 Å². The van der Waals surface area contributed by atoms with E-state index >= 15 is 0 Å². The molecule has 0 aliphatic carbocycles.